The molecule has 1 amide bonds. The number of nitrogens with zero attached hydrogens (tertiary/aromatic N) is 3. The Morgan fingerprint density at radius 3 is 2.77 bits per heavy atom. The molecule has 6 heteroatoms. The van der Waals surface area contributed by atoms with Crippen LogP contribution in [0.2, 0.25) is 0 Å². The number of nitrogens with one attached hydrogen (secondary N) is 2. The SMILES string of the molecule is Cc1cc(C)cc(-n2ncc3c2CCC[C@H]3NC(=O)CCc2n[nH]c3c2CCCC3)c1. The number of rotatable bonds is 5. The Labute approximate surface area is 183 Å². The van der Waals surface area contributed by atoms with Crippen LogP contribution in [0.3, 0.4) is 0 Å². The molecule has 0 unspecified atom stereocenters. The molecule has 2 aromatic heterocycles. The van der Waals surface area contributed by atoms with Gasteiger partial charge in [0.15, 0.2) is 0 Å². The van der Waals surface area contributed by atoms with Crippen molar-refractivity contribution in [3.63, 3.8) is 0 Å². The third-order valence-electron chi connectivity index (χ3n) is 6.70. The number of aromatic amines is 1. The van der Waals surface area contributed by atoms with E-state index in [-0.39, 0.29) is 11.9 Å². The molecular formula is C25H31N5O. The van der Waals surface area contributed by atoms with Crippen molar-refractivity contribution in [2.75, 3.05) is 0 Å². The predicted octanol–water partition coefficient (Wildman–Crippen LogP) is 4.22. The summed E-state index contributed by atoms with van der Waals surface area (Å²) >= 11 is 0. The van der Waals surface area contributed by atoms with E-state index in [0.29, 0.717) is 12.8 Å². The van der Waals surface area contributed by atoms with E-state index in [9.17, 15) is 4.79 Å². The molecular weight excluding hydrogens is 386 g/mol. The van der Waals surface area contributed by atoms with Gasteiger partial charge < -0.3 is 5.32 Å². The number of hydrogen-bond donors (Lipinski definition) is 2. The first-order chi connectivity index (χ1) is 15.1. The molecule has 162 valence electrons. The van der Waals surface area contributed by atoms with Crippen molar-refractivity contribution in [3.8, 4) is 5.69 Å². The standard InChI is InChI=1S/C25H31N5O/c1-16-12-17(2)14-18(13-16)30-24-9-5-8-21(20(24)15-26-30)27-25(31)11-10-23-19-6-3-4-7-22(19)28-29-23/h12-15,21H,3-11H2,1-2H3,(H,27,31)(H,28,29)/t21-/m1/s1. The van der Waals surface area contributed by atoms with Crippen molar-refractivity contribution in [3.05, 3.63) is 63.7 Å². The highest BCUT2D eigenvalue weighted by Crippen LogP contribution is 2.31. The molecule has 2 heterocycles. The van der Waals surface area contributed by atoms with Gasteiger partial charge in [-0.1, -0.05) is 6.07 Å². The van der Waals surface area contributed by atoms with Crippen LogP contribution < -0.4 is 5.32 Å². The van der Waals surface area contributed by atoms with Crippen LogP contribution in [0.5, 0.6) is 0 Å². The van der Waals surface area contributed by atoms with Crippen LogP contribution in [-0.2, 0) is 30.5 Å². The lowest BCUT2D eigenvalue weighted by Gasteiger charge is -2.24. The maximum atomic E-state index is 12.8. The lowest BCUT2D eigenvalue weighted by atomic mass is 9.92. The molecule has 2 aliphatic rings. The zero-order chi connectivity index (χ0) is 21.4. The second kappa shape index (κ2) is 8.33. The summed E-state index contributed by atoms with van der Waals surface area (Å²) in [6, 6.07) is 6.57. The fraction of sp³-hybridized carbons (Fsp3) is 0.480. The van der Waals surface area contributed by atoms with Crippen LogP contribution in [0, 0.1) is 13.8 Å². The molecule has 0 bridgehead atoms. The summed E-state index contributed by atoms with van der Waals surface area (Å²) in [5, 5.41) is 15.6. The topological polar surface area (TPSA) is 75.6 Å². The zero-order valence-electron chi connectivity index (χ0n) is 18.5. The molecule has 3 aromatic rings. The zero-order valence-corrected chi connectivity index (χ0v) is 18.5. The predicted molar refractivity (Wildman–Crippen MR) is 120 cm³/mol. The van der Waals surface area contributed by atoms with Crippen LogP contribution in [0.25, 0.3) is 5.69 Å². The van der Waals surface area contributed by atoms with E-state index in [1.807, 2.05) is 6.20 Å². The molecule has 0 aliphatic heterocycles. The van der Waals surface area contributed by atoms with Gasteiger partial charge in [-0.2, -0.15) is 10.2 Å². The van der Waals surface area contributed by atoms with Crippen molar-refractivity contribution < 1.29 is 4.79 Å². The maximum absolute atomic E-state index is 12.8. The lowest BCUT2D eigenvalue weighted by Crippen LogP contribution is -2.31. The van der Waals surface area contributed by atoms with Gasteiger partial charge in [0.1, 0.15) is 0 Å². The summed E-state index contributed by atoms with van der Waals surface area (Å²) in [4.78, 5) is 12.8. The summed E-state index contributed by atoms with van der Waals surface area (Å²) in [5.41, 5.74) is 9.68. The van der Waals surface area contributed by atoms with Gasteiger partial charge in [-0.3, -0.25) is 9.89 Å². The summed E-state index contributed by atoms with van der Waals surface area (Å²) in [6.45, 7) is 4.23. The molecule has 31 heavy (non-hydrogen) atoms. The molecule has 6 nitrogen and oxygen atoms in total. The number of benzene rings is 1. The van der Waals surface area contributed by atoms with Crippen LogP contribution in [0.1, 0.15) is 77.5 Å². The average Bonchev–Trinajstić information content (AvgIpc) is 3.36. The quantitative estimate of drug-likeness (QED) is 0.653. The van der Waals surface area contributed by atoms with Gasteiger partial charge in [0.2, 0.25) is 5.91 Å². The van der Waals surface area contributed by atoms with Crippen LogP contribution in [-0.4, -0.2) is 25.9 Å². The summed E-state index contributed by atoms with van der Waals surface area (Å²) in [6.07, 6.45) is 10.8. The highest BCUT2D eigenvalue weighted by Gasteiger charge is 2.26. The van der Waals surface area contributed by atoms with Gasteiger partial charge in [0.05, 0.1) is 23.6 Å². The second-order valence-electron chi connectivity index (χ2n) is 9.15. The number of hydrogen-bond acceptors (Lipinski definition) is 3. The Hall–Kier alpha value is -2.89. The number of amides is 1. The molecule has 0 saturated carbocycles. The molecule has 5 rings (SSSR count). The molecule has 0 fully saturated rings. The van der Waals surface area contributed by atoms with Crippen LogP contribution in [0.15, 0.2) is 24.4 Å². The first-order valence-electron chi connectivity index (χ1n) is 11.6. The molecule has 2 N–H and O–H groups in total. The number of carbonyl (C=O) groups excluding carboxylic acids is 1. The maximum Gasteiger partial charge on any atom is 0.220 e. The fourth-order valence-corrected chi connectivity index (χ4v) is 5.26. The lowest BCUT2D eigenvalue weighted by molar-refractivity contribution is -0.121. The van der Waals surface area contributed by atoms with Gasteiger partial charge >= 0.3 is 0 Å². The fourth-order valence-electron chi connectivity index (χ4n) is 5.26. The molecule has 2 aliphatic carbocycles. The number of fused-ring (bicyclic) bond motifs is 2. The van der Waals surface area contributed by atoms with Crippen molar-refractivity contribution in [1.82, 2.24) is 25.3 Å². The van der Waals surface area contributed by atoms with E-state index in [0.717, 1.165) is 49.0 Å². The Morgan fingerprint density at radius 1 is 1.13 bits per heavy atom. The average molecular weight is 418 g/mol. The molecule has 0 radical (unpaired) electrons. The number of aromatic nitrogens is 4. The Balaban J connectivity index is 1.28. The number of aryl methyl sites for hydroxylation is 4. The van der Waals surface area contributed by atoms with Crippen LogP contribution >= 0.6 is 0 Å². The normalized spacial score (nSPS) is 17.8. The van der Waals surface area contributed by atoms with Gasteiger partial charge in [0, 0.05) is 29.8 Å². The van der Waals surface area contributed by atoms with Crippen molar-refractivity contribution >= 4 is 5.91 Å². The Bertz CT molecular complexity index is 1090. The Kier molecular flexibility index (Phi) is 5.38. The largest absolute Gasteiger partial charge is 0.349 e. The summed E-state index contributed by atoms with van der Waals surface area (Å²) in [7, 11) is 0. The monoisotopic (exact) mass is 417 g/mol. The molecule has 0 saturated heterocycles. The van der Waals surface area contributed by atoms with E-state index in [2.05, 4.69) is 52.2 Å². The minimum absolute atomic E-state index is 0.0454. The molecule has 1 aromatic carbocycles. The van der Waals surface area contributed by atoms with Gasteiger partial charge in [0.25, 0.3) is 0 Å². The minimum atomic E-state index is 0.0454. The molecule has 1 atom stereocenters. The smallest absolute Gasteiger partial charge is 0.220 e. The van der Waals surface area contributed by atoms with Crippen molar-refractivity contribution in [2.45, 2.75) is 77.7 Å². The third-order valence-corrected chi connectivity index (χ3v) is 6.70. The van der Waals surface area contributed by atoms with E-state index in [4.69, 9.17) is 5.10 Å². The van der Waals surface area contributed by atoms with Gasteiger partial charge in [-0.25, -0.2) is 4.68 Å². The highest BCUT2D eigenvalue weighted by molar-refractivity contribution is 5.76. The van der Waals surface area contributed by atoms with Gasteiger partial charge in [-0.15, -0.1) is 0 Å². The van der Waals surface area contributed by atoms with E-state index < -0.39 is 0 Å². The minimum Gasteiger partial charge on any atom is -0.349 e. The third kappa shape index (κ3) is 4.03. The first kappa shape index (κ1) is 20.0. The summed E-state index contributed by atoms with van der Waals surface area (Å²) in [5.74, 6) is 0.101. The number of carbonyl (C=O) groups is 1. The second-order valence-corrected chi connectivity index (χ2v) is 9.15. The van der Waals surface area contributed by atoms with E-state index in [1.165, 1.54) is 40.9 Å². The van der Waals surface area contributed by atoms with Crippen molar-refractivity contribution in [2.24, 2.45) is 0 Å². The Morgan fingerprint density at radius 2 is 1.94 bits per heavy atom. The molecule has 0 spiro atoms. The van der Waals surface area contributed by atoms with E-state index >= 15 is 0 Å². The number of H-pyrrole nitrogens is 1. The van der Waals surface area contributed by atoms with E-state index in [1.54, 1.807) is 0 Å². The highest BCUT2D eigenvalue weighted by atomic mass is 16.1. The van der Waals surface area contributed by atoms with Gasteiger partial charge in [-0.05, 0) is 87.6 Å². The first-order valence-corrected chi connectivity index (χ1v) is 11.6. The van der Waals surface area contributed by atoms with Crippen LogP contribution in [0.4, 0.5) is 0 Å². The summed E-state index contributed by atoms with van der Waals surface area (Å²) < 4.78 is 2.06. The van der Waals surface area contributed by atoms with Crippen molar-refractivity contribution in [1.29, 1.82) is 0 Å².